The van der Waals surface area contributed by atoms with Gasteiger partial charge in [-0.05, 0) is 12.5 Å². The summed E-state index contributed by atoms with van der Waals surface area (Å²) in [6.07, 6.45) is 5.70. The normalized spacial score (nSPS) is 28.6. The van der Waals surface area contributed by atoms with Gasteiger partial charge in [-0.1, -0.05) is 18.9 Å². The van der Waals surface area contributed by atoms with Crippen molar-refractivity contribution in [3.05, 3.63) is 12.2 Å². The lowest BCUT2D eigenvalue weighted by Crippen LogP contribution is -2.39. The van der Waals surface area contributed by atoms with E-state index in [0.29, 0.717) is 6.61 Å². The van der Waals surface area contributed by atoms with E-state index < -0.39 is 0 Å². The summed E-state index contributed by atoms with van der Waals surface area (Å²) >= 11 is 0. The average Bonchev–Trinajstić information content (AvgIpc) is 2.30. The SMILES string of the molecule is CCCC#C[C@@H]1C=C[C@H](OC)[C@@H](COC)O1. The van der Waals surface area contributed by atoms with Crippen LogP contribution in [0, 0.1) is 11.8 Å². The monoisotopic (exact) mass is 224 g/mol. The number of ether oxygens (including phenoxy) is 3. The average molecular weight is 224 g/mol. The van der Waals surface area contributed by atoms with E-state index in [9.17, 15) is 0 Å². The van der Waals surface area contributed by atoms with Crippen molar-refractivity contribution in [2.45, 2.75) is 38.1 Å². The van der Waals surface area contributed by atoms with Crippen molar-refractivity contribution in [2.24, 2.45) is 0 Å². The molecule has 16 heavy (non-hydrogen) atoms. The van der Waals surface area contributed by atoms with Gasteiger partial charge in [0.2, 0.25) is 0 Å². The molecule has 0 N–H and O–H groups in total. The number of hydrogen-bond acceptors (Lipinski definition) is 3. The van der Waals surface area contributed by atoms with Crippen molar-refractivity contribution in [1.29, 1.82) is 0 Å². The van der Waals surface area contributed by atoms with Crippen LogP contribution in [-0.2, 0) is 14.2 Å². The molecule has 0 aromatic rings. The van der Waals surface area contributed by atoms with Crippen LogP contribution in [0.3, 0.4) is 0 Å². The van der Waals surface area contributed by atoms with Crippen molar-refractivity contribution >= 4 is 0 Å². The lowest BCUT2D eigenvalue weighted by Gasteiger charge is -2.29. The fourth-order valence-corrected chi connectivity index (χ4v) is 1.55. The summed E-state index contributed by atoms with van der Waals surface area (Å²) in [5.74, 6) is 6.18. The minimum atomic E-state index is -0.127. The predicted octanol–water partition coefficient (Wildman–Crippen LogP) is 1.77. The van der Waals surface area contributed by atoms with Gasteiger partial charge in [0.25, 0.3) is 0 Å². The van der Waals surface area contributed by atoms with Crippen molar-refractivity contribution in [2.75, 3.05) is 20.8 Å². The summed E-state index contributed by atoms with van der Waals surface area (Å²) in [4.78, 5) is 0. The van der Waals surface area contributed by atoms with Crippen molar-refractivity contribution in [3.63, 3.8) is 0 Å². The summed E-state index contributed by atoms with van der Waals surface area (Å²) < 4.78 is 16.2. The molecule has 0 spiro atoms. The first-order chi connectivity index (χ1) is 7.81. The van der Waals surface area contributed by atoms with Crippen molar-refractivity contribution in [1.82, 2.24) is 0 Å². The fraction of sp³-hybridized carbons (Fsp3) is 0.692. The van der Waals surface area contributed by atoms with E-state index in [-0.39, 0.29) is 18.3 Å². The van der Waals surface area contributed by atoms with E-state index in [4.69, 9.17) is 14.2 Å². The van der Waals surface area contributed by atoms with Crippen LogP contribution in [0.2, 0.25) is 0 Å². The molecular weight excluding hydrogens is 204 g/mol. The molecule has 3 nitrogen and oxygen atoms in total. The van der Waals surface area contributed by atoms with E-state index >= 15 is 0 Å². The van der Waals surface area contributed by atoms with Crippen LogP contribution < -0.4 is 0 Å². The van der Waals surface area contributed by atoms with E-state index in [1.807, 2.05) is 12.2 Å². The summed E-state index contributed by atoms with van der Waals surface area (Å²) in [5.41, 5.74) is 0. The molecule has 1 aliphatic heterocycles. The molecule has 0 aromatic carbocycles. The van der Waals surface area contributed by atoms with Gasteiger partial charge >= 0.3 is 0 Å². The lowest BCUT2D eigenvalue weighted by atomic mass is 10.1. The van der Waals surface area contributed by atoms with E-state index in [1.54, 1.807) is 14.2 Å². The fourth-order valence-electron chi connectivity index (χ4n) is 1.55. The zero-order valence-electron chi connectivity index (χ0n) is 10.2. The first-order valence-electron chi connectivity index (χ1n) is 5.65. The van der Waals surface area contributed by atoms with Gasteiger partial charge in [0.1, 0.15) is 18.3 Å². The molecule has 1 aliphatic rings. The molecule has 1 heterocycles. The zero-order chi connectivity index (χ0) is 11.8. The second kappa shape index (κ2) is 7.45. The second-order valence-corrected chi connectivity index (χ2v) is 3.71. The topological polar surface area (TPSA) is 27.7 Å². The number of rotatable bonds is 4. The van der Waals surface area contributed by atoms with Gasteiger partial charge < -0.3 is 14.2 Å². The first-order valence-corrected chi connectivity index (χ1v) is 5.65. The summed E-state index contributed by atoms with van der Waals surface area (Å²) in [6.45, 7) is 2.63. The van der Waals surface area contributed by atoms with Crippen molar-refractivity contribution in [3.8, 4) is 11.8 Å². The Morgan fingerprint density at radius 2 is 2.12 bits per heavy atom. The van der Waals surface area contributed by atoms with Gasteiger partial charge in [0.15, 0.2) is 0 Å². The quantitative estimate of drug-likeness (QED) is 0.538. The lowest BCUT2D eigenvalue weighted by molar-refractivity contribution is -0.0835. The Hall–Kier alpha value is -0.820. The van der Waals surface area contributed by atoms with E-state index in [1.165, 1.54) is 0 Å². The van der Waals surface area contributed by atoms with E-state index in [2.05, 4.69) is 18.8 Å². The molecule has 0 saturated heterocycles. The highest BCUT2D eigenvalue weighted by Gasteiger charge is 2.26. The maximum Gasteiger partial charge on any atom is 0.137 e. The minimum Gasteiger partial charge on any atom is -0.382 e. The molecule has 90 valence electrons. The Labute approximate surface area is 97.8 Å². The maximum absolute atomic E-state index is 5.77. The first kappa shape index (κ1) is 13.2. The van der Waals surface area contributed by atoms with Gasteiger partial charge in [0, 0.05) is 20.6 Å². The van der Waals surface area contributed by atoms with E-state index in [0.717, 1.165) is 12.8 Å². The molecule has 0 aromatic heterocycles. The minimum absolute atomic E-state index is 0.0378. The number of methoxy groups -OCH3 is 2. The maximum atomic E-state index is 5.77. The van der Waals surface area contributed by atoms with Crippen LogP contribution in [0.5, 0.6) is 0 Å². The van der Waals surface area contributed by atoms with Gasteiger partial charge in [-0.2, -0.15) is 0 Å². The van der Waals surface area contributed by atoms with Gasteiger partial charge in [-0.3, -0.25) is 0 Å². The van der Waals surface area contributed by atoms with Crippen molar-refractivity contribution < 1.29 is 14.2 Å². The second-order valence-electron chi connectivity index (χ2n) is 3.71. The highest BCUT2D eigenvalue weighted by Crippen LogP contribution is 2.15. The van der Waals surface area contributed by atoms with Gasteiger partial charge in [0.05, 0.1) is 6.61 Å². The highest BCUT2D eigenvalue weighted by atomic mass is 16.6. The molecule has 0 fully saturated rings. The molecule has 0 unspecified atom stereocenters. The molecule has 0 radical (unpaired) electrons. The van der Waals surface area contributed by atoms with Crippen LogP contribution in [0.1, 0.15) is 19.8 Å². The molecule has 1 rings (SSSR count). The molecule has 0 saturated carbocycles. The predicted molar refractivity (Wildman–Crippen MR) is 63.2 cm³/mol. The van der Waals surface area contributed by atoms with Gasteiger partial charge in [-0.15, -0.1) is 5.92 Å². The molecule has 3 heteroatoms. The van der Waals surface area contributed by atoms with Crippen LogP contribution in [0.25, 0.3) is 0 Å². The van der Waals surface area contributed by atoms with Crippen LogP contribution in [0.15, 0.2) is 12.2 Å². The standard InChI is InChI=1S/C13H20O3/c1-4-5-6-7-11-8-9-12(15-3)13(16-11)10-14-2/h8-9,11-13H,4-5,10H2,1-3H3/t11-,12+,13-/m1/s1. The third-order valence-electron chi connectivity index (χ3n) is 2.39. The number of hydrogen-bond donors (Lipinski definition) is 0. The molecule has 3 atom stereocenters. The molecule has 0 aliphatic carbocycles. The summed E-state index contributed by atoms with van der Waals surface area (Å²) in [6, 6.07) is 0. The number of unbranched alkanes of at least 4 members (excludes halogenated alkanes) is 1. The Morgan fingerprint density at radius 3 is 2.75 bits per heavy atom. The third-order valence-corrected chi connectivity index (χ3v) is 2.39. The summed E-state index contributed by atoms with van der Waals surface area (Å²) in [7, 11) is 3.33. The third kappa shape index (κ3) is 3.97. The molecular formula is C13H20O3. The summed E-state index contributed by atoms with van der Waals surface area (Å²) in [5, 5.41) is 0. The van der Waals surface area contributed by atoms with Crippen LogP contribution in [0.4, 0.5) is 0 Å². The zero-order valence-corrected chi connectivity index (χ0v) is 10.2. The Kier molecular flexibility index (Phi) is 6.17. The largest absolute Gasteiger partial charge is 0.382 e. The van der Waals surface area contributed by atoms with Crippen LogP contribution >= 0.6 is 0 Å². The van der Waals surface area contributed by atoms with Crippen LogP contribution in [-0.4, -0.2) is 39.1 Å². The Balaban J connectivity index is 2.56. The Bertz CT molecular complexity index is 275. The van der Waals surface area contributed by atoms with Gasteiger partial charge in [-0.25, -0.2) is 0 Å². The molecule has 0 amide bonds. The molecule has 0 bridgehead atoms. The smallest absolute Gasteiger partial charge is 0.137 e. The Morgan fingerprint density at radius 1 is 1.31 bits per heavy atom. The highest BCUT2D eigenvalue weighted by molar-refractivity contribution is 5.17.